The van der Waals surface area contributed by atoms with Gasteiger partial charge in [0.15, 0.2) is 0 Å². The average molecular weight is 235 g/mol. The number of hydrogen-bond donors (Lipinski definition) is 1. The molecular formula is C13H17NO3. The number of esters is 1. The normalized spacial score (nSPS) is 19.4. The maximum Gasteiger partial charge on any atom is 0.328 e. The fraction of sp³-hybridized carbons (Fsp3) is 0.462. The van der Waals surface area contributed by atoms with E-state index in [0.29, 0.717) is 0 Å². The smallest absolute Gasteiger partial charge is 0.328 e. The molecule has 17 heavy (non-hydrogen) atoms. The van der Waals surface area contributed by atoms with Gasteiger partial charge in [-0.25, -0.2) is 4.79 Å². The molecular weight excluding hydrogens is 218 g/mol. The number of aliphatic hydroxyl groups excluding tert-OH is 1. The summed E-state index contributed by atoms with van der Waals surface area (Å²) >= 11 is 0. The van der Waals surface area contributed by atoms with Gasteiger partial charge in [0, 0.05) is 17.8 Å². The number of benzene rings is 1. The van der Waals surface area contributed by atoms with E-state index in [2.05, 4.69) is 0 Å². The van der Waals surface area contributed by atoms with Gasteiger partial charge in [-0.3, -0.25) is 0 Å². The first-order valence-corrected chi connectivity index (χ1v) is 5.81. The van der Waals surface area contributed by atoms with Crippen LogP contribution in [0.1, 0.15) is 18.4 Å². The minimum absolute atomic E-state index is 0.0133. The number of para-hydroxylation sites is 1. The van der Waals surface area contributed by atoms with Crippen molar-refractivity contribution >= 4 is 11.7 Å². The molecule has 0 bridgehead atoms. The Morgan fingerprint density at radius 3 is 3.00 bits per heavy atom. The number of carbonyl (C=O) groups is 1. The van der Waals surface area contributed by atoms with Crippen LogP contribution in [0.2, 0.25) is 0 Å². The number of nitrogens with zero attached hydrogens (tertiary/aromatic N) is 1. The molecule has 1 N–H and O–H groups in total. The van der Waals surface area contributed by atoms with Crippen LogP contribution >= 0.6 is 0 Å². The summed E-state index contributed by atoms with van der Waals surface area (Å²) in [7, 11) is 1.41. The predicted octanol–water partition coefficient (Wildman–Crippen LogP) is 1.32. The van der Waals surface area contributed by atoms with Gasteiger partial charge in [-0.15, -0.1) is 0 Å². The van der Waals surface area contributed by atoms with E-state index in [1.807, 2.05) is 29.2 Å². The van der Waals surface area contributed by atoms with E-state index >= 15 is 0 Å². The second-order valence-electron chi connectivity index (χ2n) is 4.16. The lowest BCUT2D eigenvalue weighted by atomic mass is 10.1. The third kappa shape index (κ3) is 2.26. The van der Waals surface area contributed by atoms with Crippen LogP contribution in [-0.4, -0.2) is 30.8 Å². The third-order valence-corrected chi connectivity index (χ3v) is 3.20. The zero-order chi connectivity index (χ0) is 12.3. The Bertz CT molecular complexity index is 405. The zero-order valence-electron chi connectivity index (χ0n) is 9.93. The van der Waals surface area contributed by atoms with E-state index in [-0.39, 0.29) is 18.6 Å². The summed E-state index contributed by atoms with van der Waals surface area (Å²) < 4.78 is 4.82. The Morgan fingerprint density at radius 2 is 2.29 bits per heavy atom. The Balaban J connectivity index is 2.29. The summed E-state index contributed by atoms with van der Waals surface area (Å²) in [5, 5.41) is 9.32. The molecule has 4 heteroatoms. The quantitative estimate of drug-likeness (QED) is 0.803. The number of methoxy groups -OCH3 is 1. The highest BCUT2D eigenvalue weighted by Gasteiger charge is 2.32. The van der Waals surface area contributed by atoms with Crippen molar-refractivity contribution in [1.29, 1.82) is 0 Å². The second-order valence-corrected chi connectivity index (χ2v) is 4.16. The van der Waals surface area contributed by atoms with Crippen molar-refractivity contribution < 1.29 is 14.6 Å². The van der Waals surface area contributed by atoms with Crippen molar-refractivity contribution in [3.63, 3.8) is 0 Å². The highest BCUT2D eigenvalue weighted by Crippen LogP contribution is 2.29. The molecule has 1 aromatic rings. The highest BCUT2D eigenvalue weighted by molar-refractivity contribution is 5.81. The van der Waals surface area contributed by atoms with Gasteiger partial charge in [-0.1, -0.05) is 18.2 Å². The molecule has 1 saturated heterocycles. The van der Waals surface area contributed by atoms with E-state index in [4.69, 9.17) is 4.74 Å². The summed E-state index contributed by atoms with van der Waals surface area (Å²) in [6, 6.07) is 7.40. The van der Waals surface area contributed by atoms with Crippen LogP contribution < -0.4 is 4.90 Å². The number of anilines is 1. The Morgan fingerprint density at radius 1 is 1.53 bits per heavy atom. The molecule has 0 aromatic heterocycles. The number of aliphatic hydroxyl groups is 1. The molecule has 1 fully saturated rings. The summed E-state index contributed by atoms with van der Waals surface area (Å²) in [4.78, 5) is 13.7. The molecule has 1 atom stereocenters. The standard InChI is InChI=1S/C13H17NO3/c1-17-13(16)12-7-4-8-14(12)11-6-3-2-5-10(11)9-15/h2-3,5-6,12,15H,4,7-9H2,1H3/t12-/m0/s1. The first-order chi connectivity index (χ1) is 8.27. The molecule has 0 spiro atoms. The molecule has 0 radical (unpaired) electrons. The number of rotatable bonds is 3. The van der Waals surface area contributed by atoms with Gasteiger partial charge in [0.25, 0.3) is 0 Å². The van der Waals surface area contributed by atoms with Crippen LogP contribution in [0, 0.1) is 0 Å². The van der Waals surface area contributed by atoms with E-state index in [9.17, 15) is 9.90 Å². The minimum Gasteiger partial charge on any atom is -0.467 e. The van der Waals surface area contributed by atoms with Crippen LogP contribution in [0.4, 0.5) is 5.69 Å². The molecule has 0 aliphatic carbocycles. The van der Waals surface area contributed by atoms with Crippen molar-refractivity contribution in [2.45, 2.75) is 25.5 Å². The minimum atomic E-state index is -0.215. The lowest BCUT2D eigenvalue weighted by Gasteiger charge is -2.26. The molecule has 0 amide bonds. The van der Waals surface area contributed by atoms with Crippen molar-refractivity contribution in [3.8, 4) is 0 Å². The van der Waals surface area contributed by atoms with Crippen molar-refractivity contribution in [1.82, 2.24) is 0 Å². The number of ether oxygens (including phenoxy) is 1. The van der Waals surface area contributed by atoms with E-state index in [1.54, 1.807) is 0 Å². The number of carbonyl (C=O) groups excluding carboxylic acids is 1. The maximum absolute atomic E-state index is 11.7. The van der Waals surface area contributed by atoms with Gasteiger partial charge >= 0.3 is 5.97 Å². The van der Waals surface area contributed by atoms with Crippen LogP contribution in [0.5, 0.6) is 0 Å². The summed E-state index contributed by atoms with van der Waals surface area (Å²) in [6.45, 7) is 0.817. The SMILES string of the molecule is COC(=O)[C@@H]1CCCN1c1ccccc1CO. The van der Waals surface area contributed by atoms with Crippen molar-refractivity contribution in [3.05, 3.63) is 29.8 Å². The van der Waals surface area contributed by atoms with Gasteiger partial charge < -0.3 is 14.7 Å². The monoisotopic (exact) mass is 235 g/mol. The topological polar surface area (TPSA) is 49.8 Å². The molecule has 4 nitrogen and oxygen atoms in total. The van der Waals surface area contributed by atoms with Gasteiger partial charge in [0.1, 0.15) is 6.04 Å². The van der Waals surface area contributed by atoms with Crippen molar-refractivity contribution in [2.24, 2.45) is 0 Å². The molecule has 1 heterocycles. The lowest BCUT2D eigenvalue weighted by Crippen LogP contribution is -2.37. The van der Waals surface area contributed by atoms with Gasteiger partial charge in [-0.2, -0.15) is 0 Å². The molecule has 1 aliphatic rings. The number of hydrogen-bond acceptors (Lipinski definition) is 4. The lowest BCUT2D eigenvalue weighted by molar-refractivity contribution is -0.141. The molecule has 92 valence electrons. The Kier molecular flexibility index (Phi) is 3.64. The molecule has 1 aliphatic heterocycles. The molecule has 2 rings (SSSR count). The molecule has 0 unspecified atom stereocenters. The highest BCUT2D eigenvalue weighted by atomic mass is 16.5. The average Bonchev–Trinajstić information content (AvgIpc) is 2.86. The fourth-order valence-electron chi connectivity index (χ4n) is 2.36. The van der Waals surface area contributed by atoms with Crippen molar-refractivity contribution in [2.75, 3.05) is 18.6 Å². The van der Waals surface area contributed by atoms with E-state index in [1.165, 1.54) is 7.11 Å². The van der Waals surface area contributed by atoms with Crippen LogP contribution in [0.25, 0.3) is 0 Å². The Hall–Kier alpha value is -1.55. The molecule has 0 saturated carbocycles. The van der Waals surface area contributed by atoms with Crippen LogP contribution in [0.3, 0.4) is 0 Å². The van der Waals surface area contributed by atoms with Gasteiger partial charge in [0.2, 0.25) is 0 Å². The first kappa shape index (κ1) is 11.9. The fourth-order valence-corrected chi connectivity index (χ4v) is 2.36. The summed E-state index contributed by atoms with van der Waals surface area (Å²) in [5.41, 5.74) is 1.78. The van der Waals surface area contributed by atoms with Crippen LogP contribution in [-0.2, 0) is 16.1 Å². The zero-order valence-corrected chi connectivity index (χ0v) is 9.93. The Labute approximate surface area is 101 Å². The first-order valence-electron chi connectivity index (χ1n) is 5.81. The largest absolute Gasteiger partial charge is 0.467 e. The molecule has 1 aromatic carbocycles. The van der Waals surface area contributed by atoms with Gasteiger partial charge in [0.05, 0.1) is 13.7 Å². The summed E-state index contributed by atoms with van der Waals surface area (Å²) in [6.07, 6.45) is 1.78. The predicted molar refractivity (Wildman–Crippen MR) is 64.7 cm³/mol. The van der Waals surface area contributed by atoms with Crippen LogP contribution in [0.15, 0.2) is 24.3 Å². The van der Waals surface area contributed by atoms with E-state index < -0.39 is 0 Å². The van der Waals surface area contributed by atoms with Gasteiger partial charge in [-0.05, 0) is 18.9 Å². The summed E-state index contributed by atoms with van der Waals surface area (Å²) in [5.74, 6) is -0.199. The third-order valence-electron chi connectivity index (χ3n) is 3.20. The maximum atomic E-state index is 11.7. The van der Waals surface area contributed by atoms with E-state index in [0.717, 1.165) is 30.6 Å². The second kappa shape index (κ2) is 5.19.